The van der Waals surface area contributed by atoms with Gasteiger partial charge in [0.05, 0.1) is 10.4 Å². The van der Waals surface area contributed by atoms with Gasteiger partial charge in [-0.15, -0.1) is 0 Å². The lowest BCUT2D eigenvalue weighted by Gasteiger charge is -2.33. The van der Waals surface area contributed by atoms with E-state index in [1.165, 1.54) is 11.3 Å². The monoisotopic (exact) mass is 342 g/mol. The van der Waals surface area contributed by atoms with E-state index in [9.17, 15) is 9.50 Å². The number of aromatic hydroxyl groups is 1. The highest BCUT2D eigenvalue weighted by molar-refractivity contribution is 7.20. The standard InChI is InChI=1S/C19H19FN2OS/c20-15-5-2-1-4-14(15)12-13-8-10-22(11-9-13)16-6-3-7-17-18(16)21-19(23)24-17/h1-7,13H,8-12H2,(H,21,23). The number of hydrogen-bond acceptors (Lipinski definition) is 4. The average molecular weight is 342 g/mol. The Hall–Kier alpha value is -2.14. The molecule has 0 bridgehead atoms. The normalized spacial score (nSPS) is 16.0. The maximum Gasteiger partial charge on any atom is 0.271 e. The van der Waals surface area contributed by atoms with Crippen LogP contribution < -0.4 is 4.90 Å². The number of anilines is 1. The zero-order valence-corrected chi connectivity index (χ0v) is 14.1. The fourth-order valence-electron chi connectivity index (χ4n) is 3.53. The maximum atomic E-state index is 13.8. The highest BCUT2D eigenvalue weighted by Gasteiger charge is 2.22. The molecule has 0 unspecified atom stereocenters. The lowest BCUT2D eigenvalue weighted by Crippen LogP contribution is -2.34. The van der Waals surface area contributed by atoms with E-state index < -0.39 is 0 Å². The molecule has 1 fully saturated rings. The number of fused-ring (bicyclic) bond motifs is 1. The van der Waals surface area contributed by atoms with Gasteiger partial charge in [0.15, 0.2) is 0 Å². The van der Waals surface area contributed by atoms with Gasteiger partial charge in [0.2, 0.25) is 0 Å². The molecule has 1 aliphatic rings. The summed E-state index contributed by atoms with van der Waals surface area (Å²) in [5.74, 6) is 0.420. The predicted octanol–water partition coefficient (Wildman–Crippen LogP) is 4.60. The quantitative estimate of drug-likeness (QED) is 0.756. The minimum absolute atomic E-state index is 0.0948. The second kappa shape index (κ2) is 6.40. The molecule has 0 saturated carbocycles. The van der Waals surface area contributed by atoms with Crippen molar-refractivity contribution in [2.45, 2.75) is 19.3 Å². The van der Waals surface area contributed by atoms with Gasteiger partial charge >= 0.3 is 0 Å². The van der Waals surface area contributed by atoms with Crippen molar-refractivity contribution < 1.29 is 9.50 Å². The molecule has 1 N–H and O–H groups in total. The third kappa shape index (κ3) is 2.96. The number of para-hydroxylation sites is 1. The lowest BCUT2D eigenvalue weighted by molar-refractivity contribution is 0.398. The summed E-state index contributed by atoms with van der Waals surface area (Å²) in [6.07, 6.45) is 2.89. The van der Waals surface area contributed by atoms with Crippen LogP contribution in [-0.2, 0) is 6.42 Å². The van der Waals surface area contributed by atoms with Crippen molar-refractivity contribution in [1.82, 2.24) is 4.98 Å². The zero-order chi connectivity index (χ0) is 16.5. The summed E-state index contributed by atoms with van der Waals surface area (Å²) in [5, 5.41) is 9.78. The second-order valence-corrected chi connectivity index (χ2v) is 7.36. The van der Waals surface area contributed by atoms with Gasteiger partial charge in [-0.3, -0.25) is 0 Å². The average Bonchev–Trinajstić information content (AvgIpc) is 2.98. The van der Waals surface area contributed by atoms with E-state index in [1.807, 2.05) is 24.3 Å². The van der Waals surface area contributed by atoms with Gasteiger partial charge in [-0.25, -0.2) is 9.37 Å². The number of benzene rings is 2. The SMILES string of the molecule is Oc1nc2c(N3CCC(Cc4ccccc4F)CC3)cccc2s1. The molecule has 1 aromatic heterocycles. The minimum atomic E-state index is -0.0948. The summed E-state index contributed by atoms with van der Waals surface area (Å²) in [6.45, 7) is 1.88. The van der Waals surface area contributed by atoms with Gasteiger partial charge in [-0.2, -0.15) is 0 Å². The van der Waals surface area contributed by atoms with E-state index in [0.717, 1.165) is 53.8 Å². The molecule has 5 heteroatoms. The fourth-order valence-corrected chi connectivity index (χ4v) is 4.26. The van der Waals surface area contributed by atoms with Crippen LogP contribution in [0.3, 0.4) is 0 Å². The number of halogens is 1. The van der Waals surface area contributed by atoms with Gasteiger partial charge in [0.25, 0.3) is 5.19 Å². The van der Waals surface area contributed by atoms with E-state index >= 15 is 0 Å². The lowest BCUT2D eigenvalue weighted by atomic mass is 9.89. The smallest absolute Gasteiger partial charge is 0.271 e. The van der Waals surface area contributed by atoms with Crippen molar-refractivity contribution in [3.8, 4) is 5.19 Å². The van der Waals surface area contributed by atoms with Crippen LogP contribution in [-0.4, -0.2) is 23.2 Å². The Kier molecular flexibility index (Phi) is 4.10. The predicted molar refractivity (Wildman–Crippen MR) is 96.3 cm³/mol. The van der Waals surface area contributed by atoms with Gasteiger partial charge in [-0.05, 0) is 48.9 Å². The van der Waals surface area contributed by atoms with Crippen molar-refractivity contribution in [3.05, 3.63) is 53.8 Å². The second-order valence-electron chi connectivity index (χ2n) is 6.35. The highest BCUT2D eigenvalue weighted by atomic mass is 32.1. The summed E-state index contributed by atoms with van der Waals surface area (Å²) >= 11 is 1.31. The van der Waals surface area contributed by atoms with Crippen LogP contribution in [0.5, 0.6) is 5.19 Å². The van der Waals surface area contributed by atoms with Crippen LogP contribution >= 0.6 is 11.3 Å². The largest absolute Gasteiger partial charge is 0.486 e. The van der Waals surface area contributed by atoms with Crippen molar-refractivity contribution >= 4 is 27.2 Å². The first-order valence-electron chi connectivity index (χ1n) is 8.27. The first-order valence-corrected chi connectivity index (χ1v) is 9.09. The molecule has 2 aromatic carbocycles. The Morgan fingerprint density at radius 2 is 1.92 bits per heavy atom. The first-order chi connectivity index (χ1) is 11.7. The van der Waals surface area contributed by atoms with E-state index in [4.69, 9.17) is 0 Å². The Bertz CT molecular complexity index is 855. The number of hydrogen-bond donors (Lipinski definition) is 1. The number of thiazole rings is 1. The van der Waals surface area contributed by atoms with Gasteiger partial charge in [0.1, 0.15) is 11.3 Å². The Balaban J connectivity index is 1.47. The van der Waals surface area contributed by atoms with Crippen LogP contribution in [0.2, 0.25) is 0 Å². The van der Waals surface area contributed by atoms with E-state index in [2.05, 4.69) is 16.0 Å². The van der Waals surface area contributed by atoms with Crippen molar-refractivity contribution in [2.24, 2.45) is 5.92 Å². The summed E-state index contributed by atoms with van der Waals surface area (Å²) in [4.78, 5) is 6.60. The van der Waals surface area contributed by atoms with E-state index in [0.29, 0.717) is 5.92 Å². The molecule has 0 aliphatic carbocycles. The Labute approximate surface area is 144 Å². The highest BCUT2D eigenvalue weighted by Crippen LogP contribution is 2.35. The molecule has 124 valence electrons. The van der Waals surface area contributed by atoms with Crippen LogP contribution in [0.25, 0.3) is 10.2 Å². The number of nitrogens with zero attached hydrogens (tertiary/aromatic N) is 2. The van der Waals surface area contributed by atoms with Crippen LogP contribution in [0.4, 0.5) is 10.1 Å². The molecule has 4 rings (SSSR count). The molecule has 3 nitrogen and oxygen atoms in total. The minimum Gasteiger partial charge on any atom is -0.486 e. The molecule has 2 heterocycles. The van der Waals surface area contributed by atoms with E-state index in [-0.39, 0.29) is 11.0 Å². The first kappa shape index (κ1) is 15.4. The molecule has 24 heavy (non-hydrogen) atoms. The van der Waals surface area contributed by atoms with Crippen molar-refractivity contribution in [3.63, 3.8) is 0 Å². The molecule has 0 radical (unpaired) electrons. The Morgan fingerprint density at radius 3 is 2.71 bits per heavy atom. The summed E-state index contributed by atoms with van der Waals surface area (Å²) in [5.41, 5.74) is 2.79. The molecule has 3 aromatic rings. The molecular formula is C19H19FN2OS. The maximum absolute atomic E-state index is 13.8. The summed E-state index contributed by atoms with van der Waals surface area (Å²) in [7, 11) is 0. The molecule has 0 amide bonds. The number of rotatable bonds is 3. The van der Waals surface area contributed by atoms with Crippen molar-refractivity contribution in [2.75, 3.05) is 18.0 Å². The number of aromatic nitrogens is 1. The Morgan fingerprint density at radius 1 is 1.12 bits per heavy atom. The van der Waals surface area contributed by atoms with Crippen LogP contribution in [0.1, 0.15) is 18.4 Å². The molecular weight excluding hydrogens is 323 g/mol. The molecule has 0 atom stereocenters. The van der Waals surface area contributed by atoms with Gasteiger partial charge < -0.3 is 10.0 Å². The number of piperidine rings is 1. The molecule has 1 aliphatic heterocycles. The third-order valence-electron chi connectivity index (χ3n) is 4.81. The van der Waals surface area contributed by atoms with Crippen LogP contribution in [0, 0.1) is 11.7 Å². The summed E-state index contributed by atoms with van der Waals surface area (Å²) in [6, 6.07) is 13.1. The third-order valence-corrected chi connectivity index (χ3v) is 5.63. The molecule has 0 spiro atoms. The van der Waals surface area contributed by atoms with E-state index in [1.54, 1.807) is 12.1 Å². The summed E-state index contributed by atoms with van der Waals surface area (Å²) < 4.78 is 14.8. The van der Waals surface area contributed by atoms with Gasteiger partial charge in [0, 0.05) is 13.1 Å². The fraction of sp³-hybridized carbons (Fsp3) is 0.316. The van der Waals surface area contributed by atoms with Gasteiger partial charge in [-0.1, -0.05) is 35.6 Å². The van der Waals surface area contributed by atoms with Crippen molar-refractivity contribution in [1.29, 1.82) is 0 Å². The topological polar surface area (TPSA) is 36.4 Å². The zero-order valence-electron chi connectivity index (χ0n) is 13.3. The molecule has 1 saturated heterocycles. The van der Waals surface area contributed by atoms with Crippen LogP contribution in [0.15, 0.2) is 42.5 Å².